The van der Waals surface area contributed by atoms with Gasteiger partial charge in [-0.25, -0.2) is 9.48 Å². The summed E-state index contributed by atoms with van der Waals surface area (Å²) in [6.45, 7) is 5.91. The molecule has 1 heterocycles. The van der Waals surface area contributed by atoms with Crippen LogP contribution in [0.15, 0.2) is 24.3 Å². The van der Waals surface area contributed by atoms with Gasteiger partial charge in [0.2, 0.25) is 0 Å². The van der Waals surface area contributed by atoms with Gasteiger partial charge in [-0.15, -0.1) is 5.10 Å². The van der Waals surface area contributed by atoms with Crippen molar-refractivity contribution < 1.29 is 9.90 Å². The third-order valence-corrected chi connectivity index (χ3v) is 3.47. The highest BCUT2D eigenvalue weighted by Gasteiger charge is 2.39. The maximum atomic E-state index is 11.7. The van der Waals surface area contributed by atoms with E-state index in [0.29, 0.717) is 17.8 Å². The summed E-state index contributed by atoms with van der Waals surface area (Å²) < 4.78 is 1.55. The molecule has 118 valence electrons. The van der Waals surface area contributed by atoms with Crippen molar-refractivity contribution in [1.29, 1.82) is 0 Å². The molecule has 0 aliphatic rings. The minimum Gasteiger partial charge on any atom is -0.480 e. The molecule has 2 aromatic rings. The largest absolute Gasteiger partial charge is 0.480 e. The SMILES string of the molecule is Cn1nnnc1-c1ccc(C(N)(CC(C)(C)C)C(=O)O)cc1. The maximum absolute atomic E-state index is 11.7. The van der Waals surface area contributed by atoms with Gasteiger partial charge in [-0.1, -0.05) is 45.0 Å². The second-order valence-electron chi connectivity index (χ2n) is 6.72. The second kappa shape index (κ2) is 5.49. The molecule has 0 aliphatic heterocycles. The molecule has 0 amide bonds. The number of nitrogens with zero attached hydrogens (tertiary/aromatic N) is 4. The smallest absolute Gasteiger partial charge is 0.328 e. The number of aryl methyl sites for hydroxylation is 1. The molecule has 1 unspecified atom stereocenters. The van der Waals surface area contributed by atoms with Gasteiger partial charge in [-0.3, -0.25) is 0 Å². The predicted molar refractivity (Wildman–Crippen MR) is 81.8 cm³/mol. The van der Waals surface area contributed by atoms with Gasteiger partial charge in [0, 0.05) is 12.6 Å². The van der Waals surface area contributed by atoms with Gasteiger partial charge in [0.15, 0.2) is 5.82 Å². The Labute approximate surface area is 129 Å². The third-order valence-electron chi connectivity index (χ3n) is 3.47. The lowest BCUT2D eigenvalue weighted by Crippen LogP contribution is -2.47. The van der Waals surface area contributed by atoms with Crippen LogP contribution in [0, 0.1) is 5.41 Å². The molecule has 0 saturated heterocycles. The molecule has 0 radical (unpaired) electrons. The van der Waals surface area contributed by atoms with Gasteiger partial charge in [0.25, 0.3) is 0 Å². The normalized spacial score (nSPS) is 14.6. The Morgan fingerprint density at radius 3 is 2.27 bits per heavy atom. The lowest BCUT2D eigenvalue weighted by Gasteiger charge is -2.32. The van der Waals surface area contributed by atoms with E-state index in [9.17, 15) is 9.90 Å². The van der Waals surface area contributed by atoms with E-state index in [2.05, 4.69) is 15.5 Å². The number of carboxylic acid groups (broad SMARTS) is 1. The first-order valence-electron chi connectivity index (χ1n) is 6.99. The van der Waals surface area contributed by atoms with Gasteiger partial charge in [-0.2, -0.15) is 0 Å². The van der Waals surface area contributed by atoms with Crippen molar-refractivity contribution >= 4 is 5.97 Å². The number of hydrogen-bond acceptors (Lipinski definition) is 5. The van der Waals surface area contributed by atoms with Crippen LogP contribution < -0.4 is 5.73 Å². The molecule has 22 heavy (non-hydrogen) atoms. The number of carbonyl (C=O) groups is 1. The number of benzene rings is 1. The molecular weight excluding hydrogens is 282 g/mol. The number of carboxylic acids is 1. The highest BCUT2D eigenvalue weighted by atomic mass is 16.4. The fourth-order valence-corrected chi connectivity index (χ4v) is 2.53. The molecule has 1 aromatic carbocycles. The van der Waals surface area contributed by atoms with Gasteiger partial charge in [-0.05, 0) is 27.8 Å². The van der Waals surface area contributed by atoms with Gasteiger partial charge >= 0.3 is 5.97 Å². The van der Waals surface area contributed by atoms with E-state index in [1.165, 1.54) is 0 Å². The number of tetrazole rings is 1. The van der Waals surface area contributed by atoms with Crippen molar-refractivity contribution in [3.63, 3.8) is 0 Å². The molecular formula is C15H21N5O2. The Hall–Kier alpha value is -2.28. The number of aliphatic carboxylic acids is 1. The topological polar surface area (TPSA) is 107 Å². The van der Waals surface area contributed by atoms with E-state index in [-0.39, 0.29) is 5.41 Å². The van der Waals surface area contributed by atoms with Crippen LogP contribution in [0.25, 0.3) is 11.4 Å². The van der Waals surface area contributed by atoms with Crippen molar-refractivity contribution in [2.45, 2.75) is 32.7 Å². The third kappa shape index (κ3) is 3.14. The lowest BCUT2D eigenvalue weighted by atomic mass is 9.76. The Bertz CT molecular complexity index is 672. The minimum absolute atomic E-state index is 0.209. The van der Waals surface area contributed by atoms with E-state index < -0.39 is 11.5 Å². The Morgan fingerprint density at radius 2 is 1.86 bits per heavy atom. The van der Waals surface area contributed by atoms with E-state index in [1.54, 1.807) is 36.0 Å². The minimum atomic E-state index is -1.42. The quantitative estimate of drug-likeness (QED) is 0.887. The van der Waals surface area contributed by atoms with Gasteiger partial charge in [0.1, 0.15) is 5.54 Å². The number of hydrogen-bond donors (Lipinski definition) is 2. The second-order valence-corrected chi connectivity index (χ2v) is 6.72. The Morgan fingerprint density at radius 1 is 1.27 bits per heavy atom. The maximum Gasteiger partial charge on any atom is 0.328 e. The van der Waals surface area contributed by atoms with Crippen LogP contribution in [-0.2, 0) is 17.4 Å². The first-order valence-corrected chi connectivity index (χ1v) is 6.99. The van der Waals surface area contributed by atoms with E-state index in [0.717, 1.165) is 5.56 Å². The van der Waals surface area contributed by atoms with Crippen molar-refractivity contribution in [3.8, 4) is 11.4 Å². The van der Waals surface area contributed by atoms with Crippen LogP contribution in [0.1, 0.15) is 32.8 Å². The van der Waals surface area contributed by atoms with Crippen LogP contribution in [0.5, 0.6) is 0 Å². The average Bonchev–Trinajstić information content (AvgIpc) is 2.83. The first kappa shape index (κ1) is 16.1. The summed E-state index contributed by atoms with van der Waals surface area (Å²) in [6, 6.07) is 7.02. The number of rotatable bonds is 4. The summed E-state index contributed by atoms with van der Waals surface area (Å²) in [7, 11) is 1.74. The Balaban J connectivity index is 2.39. The van der Waals surface area contributed by atoms with Crippen molar-refractivity contribution in [3.05, 3.63) is 29.8 Å². The van der Waals surface area contributed by atoms with Crippen molar-refractivity contribution in [2.75, 3.05) is 0 Å². The summed E-state index contributed by atoms with van der Waals surface area (Å²) >= 11 is 0. The average molecular weight is 303 g/mol. The summed E-state index contributed by atoms with van der Waals surface area (Å²) in [6.07, 6.45) is 0.334. The summed E-state index contributed by atoms with van der Waals surface area (Å²) in [5, 5.41) is 20.9. The zero-order valence-corrected chi connectivity index (χ0v) is 13.2. The summed E-state index contributed by atoms with van der Waals surface area (Å²) in [5.41, 5.74) is 5.94. The molecule has 0 fully saturated rings. The standard InChI is InChI=1S/C15H21N5O2/c1-14(2,3)9-15(16,13(21)22)11-7-5-10(6-8-11)12-17-18-19-20(12)4/h5-8H,9,16H2,1-4H3,(H,21,22). The molecule has 2 rings (SSSR count). The summed E-state index contributed by atoms with van der Waals surface area (Å²) in [5.74, 6) is -0.421. The van der Waals surface area contributed by atoms with Crippen LogP contribution >= 0.6 is 0 Å². The van der Waals surface area contributed by atoms with Crippen molar-refractivity contribution in [2.24, 2.45) is 18.2 Å². The molecule has 0 saturated carbocycles. The molecule has 7 nitrogen and oxygen atoms in total. The Kier molecular flexibility index (Phi) is 4.02. The molecule has 0 bridgehead atoms. The van der Waals surface area contributed by atoms with Crippen molar-refractivity contribution in [1.82, 2.24) is 20.2 Å². The fraction of sp³-hybridized carbons (Fsp3) is 0.467. The number of nitrogens with two attached hydrogens (primary N) is 1. The number of aromatic nitrogens is 4. The molecule has 7 heteroatoms. The fourth-order valence-electron chi connectivity index (χ4n) is 2.53. The van der Waals surface area contributed by atoms with Crippen LogP contribution in [0.4, 0.5) is 0 Å². The summed E-state index contributed by atoms with van der Waals surface area (Å²) in [4.78, 5) is 11.7. The molecule has 0 aliphatic carbocycles. The van der Waals surface area contributed by atoms with Crippen LogP contribution in [0.3, 0.4) is 0 Å². The van der Waals surface area contributed by atoms with E-state index >= 15 is 0 Å². The zero-order valence-electron chi connectivity index (χ0n) is 13.2. The van der Waals surface area contributed by atoms with E-state index in [1.807, 2.05) is 20.8 Å². The highest BCUT2D eigenvalue weighted by Crippen LogP contribution is 2.34. The van der Waals surface area contributed by atoms with Crippen LogP contribution in [0.2, 0.25) is 0 Å². The first-order chi connectivity index (χ1) is 10.1. The highest BCUT2D eigenvalue weighted by molar-refractivity contribution is 5.80. The van der Waals surface area contributed by atoms with Crippen LogP contribution in [-0.4, -0.2) is 31.3 Å². The molecule has 0 spiro atoms. The lowest BCUT2D eigenvalue weighted by molar-refractivity contribution is -0.145. The molecule has 1 aromatic heterocycles. The van der Waals surface area contributed by atoms with Gasteiger partial charge < -0.3 is 10.8 Å². The molecule has 1 atom stereocenters. The predicted octanol–water partition coefficient (Wildman–Crippen LogP) is 1.55. The molecule has 3 N–H and O–H groups in total. The van der Waals surface area contributed by atoms with Gasteiger partial charge in [0.05, 0.1) is 0 Å². The monoisotopic (exact) mass is 303 g/mol. The zero-order chi connectivity index (χ0) is 16.5. The van der Waals surface area contributed by atoms with E-state index in [4.69, 9.17) is 5.73 Å².